The summed E-state index contributed by atoms with van der Waals surface area (Å²) in [5.41, 5.74) is 1.34. The molecule has 2 aromatic heterocycles. The van der Waals surface area contributed by atoms with Crippen LogP contribution in [0.2, 0.25) is 10.3 Å². The summed E-state index contributed by atoms with van der Waals surface area (Å²) in [5, 5.41) is 19.8. The van der Waals surface area contributed by atoms with Gasteiger partial charge >= 0.3 is 0 Å². The quantitative estimate of drug-likeness (QED) is 0.494. The number of fused-ring (bicyclic) bond motifs is 3. The molecule has 2 heterocycles. The number of hydrogen-bond acceptors (Lipinski definition) is 5. The van der Waals surface area contributed by atoms with E-state index in [9.17, 15) is 5.11 Å². The lowest BCUT2D eigenvalue weighted by atomic mass is 9.97. The molecule has 0 spiro atoms. The molecule has 8 heteroatoms. The number of aromatic nitrogens is 4. The number of aliphatic hydroxyl groups is 1. The Balaban J connectivity index is 1.85. The van der Waals surface area contributed by atoms with Crippen LogP contribution in [0, 0.1) is 12.3 Å². The molecule has 1 unspecified atom stereocenters. The zero-order valence-corrected chi connectivity index (χ0v) is 17.3. The van der Waals surface area contributed by atoms with Crippen LogP contribution in [-0.2, 0) is 6.42 Å². The summed E-state index contributed by atoms with van der Waals surface area (Å²) < 4.78 is 1.65. The number of hydrogen-bond donors (Lipinski definition) is 1. The van der Waals surface area contributed by atoms with Crippen molar-refractivity contribution in [2.75, 3.05) is 11.9 Å². The molecule has 0 aliphatic carbocycles. The van der Waals surface area contributed by atoms with Crippen LogP contribution in [-0.4, -0.2) is 37.3 Å². The van der Waals surface area contributed by atoms with E-state index in [1.165, 1.54) is 0 Å². The van der Waals surface area contributed by atoms with E-state index in [0.29, 0.717) is 23.0 Å². The predicted octanol–water partition coefficient (Wildman–Crippen LogP) is 4.28. The van der Waals surface area contributed by atoms with Crippen molar-refractivity contribution in [3.63, 3.8) is 0 Å². The van der Waals surface area contributed by atoms with Gasteiger partial charge in [0.15, 0.2) is 0 Å². The Hall–Kier alpha value is -2.85. The highest BCUT2D eigenvalue weighted by Gasteiger charge is 2.20. The molecule has 0 saturated heterocycles. The molecule has 146 valence electrons. The molecular weight excluding hydrogens is 409 g/mol. The molecular formula is C21H17Cl2N5O. The monoisotopic (exact) mass is 425 g/mol. The fraction of sp³-hybridized carbons (Fsp3) is 0.190. The van der Waals surface area contributed by atoms with Crippen LogP contribution in [0.5, 0.6) is 0 Å². The molecule has 0 fully saturated rings. The van der Waals surface area contributed by atoms with E-state index in [0.717, 1.165) is 22.2 Å². The van der Waals surface area contributed by atoms with Gasteiger partial charge in [0.05, 0.1) is 5.52 Å². The van der Waals surface area contributed by atoms with Crippen LogP contribution in [0.4, 0.5) is 11.5 Å². The topological polar surface area (TPSA) is 66.5 Å². The van der Waals surface area contributed by atoms with Gasteiger partial charge < -0.3 is 10.0 Å². The number of rotatable bonds is 4. The van der Waals surface area contributed by atoms with Gasteiger partial charge in [-0.3, -0.25) is 0 Å². The van der Waals surface area contributed by atoms with Crippen LogP contribution < -0.4 is 4.90 Å². The molecule has 0 radical (unpaired) electrons. The first-order chi connectivity index (χ1) is 13.8. The second kappa shape index (κ2) is 7.20. The maximum absolute atomic E-state index is 10.2. The van der Waals surface area contributed by atoms with Crippen LogP contribution in [0.1, 0.15) is 12.5 Å². The average Bonchev–Trinajstić information content (AvgIpc) is 3.07. The SMILES string of the molecule is C#CC(C)(O)Cc1cccc(N(C)c2nc3nnc(Cl)n3c3cc(Cl)ccc23)c1. The second-order valence-corrected chi connectivity index (χ2v) is 7.80. The molecule has 1 N–H and O–H groups in total. The van der Waals surface area contributed by atoms with Crippen molar-refractivity contribution in [2.24, 2.45) is 0 Å². The second-order valence-electron chi connectivity index (χ2n) is 7.03. The zero-order chi connectivity index (χ0) is 20.8. The molecule has 4 aromatic rings. The molecule has 1 atom stereocenters. The van der Waals surface area contributed by atoms with Crippen LogP contribution in [0.25, 0.3) is 16.7 Å². The van der Waals surface area contributed by atoms with Crippen molar-refractivity contribution in [3.8, 4) is 12.3 Å². The van der Waals surface area contributed by atoms with Crippen molar-refractivity contribution >= 4 is 51.4 Å². The smallest absolute Gasteiger partial charge is 0.258 e. The van der Waals surface area contributed by atoms with Crippen LogP contribution in [0.3, 0.4) is 0 Å². The maximum Gasteiger partial charge on any atom is 0.258 e. The maximum atomic E-state index is 10.2. The van der Waals surface area contributed by atoms with E-state index >= 15 is 0 Å². The molecule has 0 saturated carbocycles. The fourth-order valence-corrected chi connectivity index (χ4v) is 3.64. The van der Waals surface area contributed by atoms with Gasteiger partial charge in [-0.1, -0.05) is 29.7 Å². The first-order valence-electron chi connectivity index (χ1n) is 8.82. The lowest BCUT2D eigenvalue weighted by molar-refractivity contribution is 0.123. The average molecular weight is 426 g/mol. The minimum absolute atomic E-state index is 0.215. The molecule has 2 aromatic carbocycles. The minimum Gasteiger partial charge on any atom is -0.378 e. The van der Waals surface area contributed by atoms with Gasteiger partial charge in [0, 0.05) is 29.6 Å². The van der Waals surface area contributed by atoms with E-state index < -0.39 is 5.60 Å². The van der Waals surface area contributed by atoms with Gasteiger partial charge in [-0.05, 0) is 54.4 Å². The number of terminal acetylenes is 1. The summed E-state index contributed by atoms with van der Waals surface area (Å²) in [6.07, 6.45) is 5.76. The molecule has 0 aliphatic heterocycles. The highest BCUT2D eigenvalue weighted by atomic mass is 35.5. The summed E-state index contributed by atoms with van der Waals surface area (Å²) in [5.74, 6) is 3.46. The highest BCUT2D eigenvalue weighted by molar-refractivity contribution is 6.31. The minimum atomic E-state index is -1.21. The first kappa shape index (κ1) is 19.5. The van der Waals surface area contributed by atoms with Gasteiger partial charge in [-0.15, -0.1) is 16.6 Å². The van der Waals surface area contributed by atoms with Gasteiger partial charge in [0.2, 0.25) is 5.28 Å². The van der Waals surface area contributed by atoms with E-state index in [2.05, 4.69) is 21.1 Å². The van der Waals surface area contributed by atoms with Crippen molar-refractivity contribution in [2.45, 2.75) is 18.9 Å². The van der Waals surface area contributed by atoms with Gasteiger partial charge in [-0.2, -0.15) is 4.98 Å². The van der Waals surface area contributed by atoms with E-state index in [1.54, 1.807) is 23.5 Å². The Kier molecular flexibility index (Phi) is 4.83. The van der Waals surface area contributed by atoms with Gasteiger partial charge in [0.25, 0.3) is 5.78 Å². The summed E-state index contributed by atoms with van der Waals surface area (Å²) in [7, 11) is 1.91. The van der Waals surface area contributed by atoms with E-state index in [1.807, 2.05) is 42.3 Å². The Labute approximate surface area is 177 Å². The highest BCUT2D eigenvalue weighted by Crippen LogP contribution is 2.33. The van der Waals surface area contributed by atoms with Crippen LogP contribution in [0.15, 0.2) is 42.5 Å². The molecule has 6 nitrogen and oxygen atoms in total. The molecule has 4 rings (SSSR count). The van der Waals surface area contributed by atoms with Crippen LogP contribution >= 0.6 is 23.2 Å². The molecule has 0 amide bonds. The largest absolute Gasteiger partial charge is 0.378 e. The van der Waals surface area contributed by atoms with Crippen molar-refractivity contribution in [1.29, 1.82) is 0 Å². The standard InChI is InChI=1S/C21H17Cl2N5O/c1-4-21(2,29)12-13-6-5-7-15(10-13)27(3)18-16-9-8-14(22)11-17(16)28-19(23)25-26-20(28)24-18/h1,5-11,29H,12H2,2-3H3. The number of halogens is 2. The molecule has 0 aliphatic rings. The third-order valence-electron chi connectivity index (χ3n) is 4.73. The van der Waals surface area contributed by atoms with Crippen molar-refractivity contribution in [3.05, 3.63) is 58.3 Å². The fourth-order valence-electron chi connectivity index (χ4n) is 3.27. The zero-order valence-electron chi connectivity index (χ0n) is 15.8. The third-order valence-corrected chi connectivity index (χ3v) is 5.21. The van der Waals surface area contributed by atoms with E-state index in [-0.39, 0.29) is 5.28 Å². The molecule has 0 bridgehead atoms. The Bertz CT molecular complexity index is 1280. The predicted molar refractivity (Wildman–Crippen MR) is 116 cm³/mol. The summed E-state index contributed by atoms with van der Waals surface area (Å²) in [6, 6.07) is 13.3. The summed E-state index contributed by atoms with van der Waals surface area (Å²) in [6.45, 7) is 1.62. The van der Waals surface area contributed by atoms with E-state index in [4.69, 9.17) is 29.6 Å². The lowest BCUT2D eigenvalue weighted by Crippen LogP contribution is -2.24. The van der Waals surface area contributed by atoms with Gasteiger partial charge in [0.1, 0.15) is 11.4 Å². The number of anilines is 2. The lowest BCUT2D eigenvalue weighted by Gasteiger charge is -2.22. The Morgan fingerprint density at radius 3 is 2.76 bits per heavy atom. The third kappa shape index (κ3) is 3.60. The number of nitrogens with zero attached hydrogens (tertiary/aromatic N) is 5. The Morgan fingerprint density at radius 1 is 1.21 bits per heavy atom. The van der Waals surface area contributed by atoms with Crippen molar-refractivity contribution < 1.29 is 5.11 Å². The number of benzene rings is 2. The Morgan fingerprint density at radius 2 is 2.00 bits per heavy atom. The van der Waals surface area contributed by atoms with Gasteiger partial charge in [-0.25, -0.2) is 4.40 Å². The summed E-state index contributed by atoms with van der Waals surface area (Å²) >= 11 is 12.4. The molecule has 29 heavy (non-hydrogen) atoms. The first-order valence-corrected chi connectivity index (χ1v) is 9.57. The normalized spacial score (nSPS) is 13.4. The summed E-state index contributed by atoms with van der Waals surface area (Å²) in [4.78, 5) is 6.59. The van der Waals surface area contributed by atoms with Crippen molar-refractivity contribution in [1.82, 2.24) is 19.6 Å².